The number of benzene rings is 4. The number of hydrazone groups is 1. The molecule has 1 aliphatic heterocycles. The number of phenolic OH excluding ortho intramolecular Hbond substituents is 1. The highest BCUT2D eigenvalue weighted by molar-refractivity contribution is 6.55. The van der Waals surface area contributed by atoms with Gasteiger partial charge in [0.25, 0.3) is 5.91 Å². The molecule has 4 aromatic carbocycles. The number of para-hydroxylation sites is 3. The van der Waals surface area contributed by atoms with Crippen LogP contribution < -0.4 is 10.3 Å². The number of carboxylic acids is 1. The fraction of sp³-hybridized carbons (Fsp3) is 0. The van der Waals surface area contributed by atoms with Crippen LogP contribution >= 0.6 is 0 Å². The Balaban J connectivity index is 1.50. The van der Waals surface area contributed by atoms with E-state index in [1.807, 2.05) is 54.6 Å². The molecule has 0 radical (unpaired) electrons. The summed E-state index contributed by atoms with van der Waals surface area (Å²) < 4.78 is 0. The molecule has 1 amide bonds. The molecule has 0 aliphatic carbocycles. The third kappa shape index (κ3) is 3.65. The zero-order valence-electron chi connectivity index (χ0n) is 17.8. The van der Waals surface area contributed by atoms with Crippen LogP contribution in [-0.4, -0.2) is 27.8 Å². The number of anilines is 3. The lowest BCUT2D eigenvalue weighted by Crippen LogP contribution is -2.26. The summed E-state index contributed by atoms with van der Waals surface area (Å²) >= 11 is 0. The first kappa shape index (κ1) is 21.0. The van der Waals surface area contributed by atoms with Gasteiger partial charge in [0.2, 0.25) is 0 Å². The quantitative estimate of drug-likeness (QED) is 0.285. The number of amides is 1. The van der Waals surface area contributed by atoms with Crippen LogP contribution in [0.25, 0.3) is 11.1 Å². The molecule has 7 nitrogen and oxygen atoms in total. The Morgan fingerprint density at radius 1 is 0.824 bits per heavy atom. The highest BCUT2D eigenvalue weighted by Gasteiger charge is 2.35. The first-order chi connectivity index (χ1) is 16.5. The number of nitrogens with zero attached hydrogens (tertiary/aromatic N) is 2. The van der Waals surface area contributed by atoms with E-state index in [1.165, 1.54) is 12.1 Å². The molecule has 0 unspecified atom stereocenters. The van der Waals surface area contributed by atoms with Gasteiger partial charge >= 0.3 is 5.97 Å². The van der Waals surface area contributed by atoms with Crippen molar-refractivity contribution in [2.75, 3.05) is 10.3 Å². The average Bonchev–Trinajstić information content (AvgIpc) is 3.15. The molecule has 0 spiro atoms. The van der Waals surface area contributed by atoms with Gasteiger partial charge in [-0.15, -0.1) is 0 Å². The van der Waals surface area contributed by atoms with E-state index in [9.17, 15) is 19.8 Å². The van der Waals surface area contributed by atoms with Gasteiger partial charge in [-0.25, -0.2) is 4.79 Å². The van der Waals surface area contributed by atoms with Crippen molar-refractivity contribution in [2.24, 2.45) is 5.10 Å². The molecule has 5 rings (SSSR count). The van der Waals surface area contributed by atoms with Gasteiger partial charge in [-0.1, -0.05) is 60.7 Å². The van der Waals surface area contributed by atoms with Crippen LogP contribution in [0.4, 0.5) is 17.1 Å². The Hall–Kier alpha value is -4.91. The van der Waals surface area contributed by atoms with Crippen molar-refractivity contribution in [1.82, 2.24) is 0 Å². The van der Waals surface area contributed by atoms with Crippen LogP contribution in [0, 0.1) is 0 Å². The van der Waals surface area contributed by atoms with Gasteiger partial charge in [-0.2, -0.15) is 5.10 Å². The first-order valence-electron chi connectivity index (χ1n) is 10.5. The fourth-order valence-corrected chi connectivity index (χ4v) is 3.94. The van der Waals surface area contributed by atoms with E-state index in [2.05, 4.69) is 10.5 Å². The molecule has 0 saturated heterocycles. The van der Waals surface area contributed by atoms with Crippen molar-refractivity contribution in [2.45, 2.75) is 0 Å². The molecule has 0 fully saturated rings. The van der Waals surface area contributed by atoms with Crippen molar-refractivity contribution < 1.29 is 19.8 Å². The summed E-state index contributed by atoms with van der Waals surface area (Å²) in [4.78, 5) is 26.2. The molecule has 0 aromatic heterocycles. The van der Waals surface area contributed by atoms with Crippen molar-refractivity contribution >= 4 is 34.7 Å². The van der Waals surface area contributed by atoms with Gasteiger partial charge in [0.15, 0.2) is 5.71 Å². The summed E-state index contributed by atoms with van der Waals surface area (Å²) in [5.74, 6) is -1.44. The number of nitrogens with one attached hydrogen (secondary N) is 1. The summed E-state index contributed by atoms with van der Waals surface area (Å²) in [5.41, 5.74) is 6.56. The summed E-state index contributed by atoms with van der Waals surface area (Å²) in [6.07, 6.45) is 0. The maximum Gasteiger partial charge on any atom is 0.335 e. The summed E-state index contributed by atoms with van der Waals surface area (Å²) in [5, 5.41) is 24.5. The van der Waals surface area contributed by atoms with Gasteiger partial charge in [0.05, 0.1) is 16.9 Å². The Morgan fingerprint density at radius 3 is 2.32 bits per heavy atom. The van der Waals surface area contributed by atoms with Gasteiger partial charge in [-0.3, -0.25) is 15.1 Å². The third-order valence-corrected chi connectivity index (χ3v) is 5.56. The fourth-order valence-electron chi connectivity index (χ4n) is 3.94. The second-order valence-electron chi connectivity index (χ2n) is 7.65. The van der Waals surface area contributed by atoms with Crippen molar-refractivity contribution in [3.05, 3.63) is 108 Å². The Bertz CT molecular complexity index is 1450. The molecule has 3 N–H and O–H groups in total. The number of aromatic hydroxyl groups is 1. The minimum absolute atomic E-state index is 0.104. The minimum atomic E-state index is -1.05. The minimum Gasteiger partial charge on any atom is -0.505 e. The molecule has 0 saturated carbocycles. The number of hydrogen-bond acceptors (Lipinski definition) is 5. The molecular weight excluding hydrogens is 430 g/mol. The smallest absolute Gasteiger partial charge is 0.335 e. The van der Waals surface area contributed by atoms with E-state index in [0.29, 0.717) is 16.7 Å². The molecule has 34 heavy (non-hydrogen) atoms. The van der Waals surface area contributed by atoms with Gasteiger partial charge in [0.1, 0.15) is 5.75 Å². The van der Waals surface area contributed by atoms with E-state index < -0.39 is 5.97 Å². The number of carboxylic acid groups (broad SMARTS) is 1. The molecule has 0 atom stereocenters. The van der Waals surface area contributed by atoms with Crippen molar-refractivity contribution in [3.8, 4) is 16.9 Å². The number of hydrogen-bond donors (Lipinski definition) is 3. The molecular formula is C27H19N3O4. The van der Waals surface area contributed by atoms with Gasteiger partial charge < -0.3 is 10.2 Å². The largest absolute Gasteiger partial charge is 0.505 e. The van der Waals surface area contributed by atoms with E-state index >= 15 is 0 Å². The van der Waals surface area contributed by atoms with Crippen LogP contribution in [-0.2, 0) is 4.79 Å². The van der Waals surface area contributed by atoms with Crippen molar-refractivity contribution in [3.63, 3.8) is 0 Å². The van der Waals surface area contributed by atoms with E-state index in [-0.39, 0.29) is 28.6 Å². The van der Waals surface area contributed by atoms with E-state index in [0.717, 1.165) is 11.4 Å². The third-order valence-electron chi connectivity index (χ3n) is 5.56. The lowest BCUT2D eigenvalue weighted by Gasteiger charge is -2.16. The molecule has 4 aromatic rings. The van der Waals surface area contributed by atoms with Gasteiger partial charge in [-0.05, 0) is 42.0 Å². The second kappa shape index (κ2) is 8.55. The van der Waals surface area contributed by atoms with Gasteiger partial charge in [0, 0.05) is 16.8 Å². The lowest BCUT2D eigenvalue weighted by atomic mass is 10.0. The predicted molar refractivity (Wildman–Crippen MR) is 131 cm³/mol. The molecule has 7 heteroatoms. The zero-order valence-corrected chi connectivity index (χ0v) is 17.8. The standard InChI is InChI=1S/C27H19N3O4/c31-25-20(17-8-6-9-18(16-17)27(33)34)13-7-14-22(25)28-29-24-21-12-4-5-15-23(21)30(26(24)32)19-10-2-1-3-11-19/h1-16,28,31H,(H,33,34)/b29-24-. The van der Waals surface area contributed by atoms with Crippen LogP contribution in [0.5, 0.6) is 5.75 Å². The number of carbonyl (C=O) groups is 2. The summed E-state index contributed by atoms with van der Waals surface area (Å²) in [6.45, 7) is 0. The Kier molecular flexibility index (Phi) is 5.27. The predicted octanol–water partition coefficient (Wildman–Crippen LogP) is 5.25. The summed E-state index contributed by atoms with van der Waals surface area (Å²) in [6, 6.07) is 28.0. The maximum atomic E-state index is 13.3. The second-order valence-corrected chi connectivity index (χ2v) is 7.65. The molecule has 1 heterocycles. The Morgan fingerprint density at radius 2 is 1.53 bits per heavy atom. The number of fused-ring (bicyclic) bond motifs is 1. The normalized spacial score (nSPS) is 13.7. The first-order valence-corrected chi connectivity index (χ1v) is 10.5. The lowest BCUT2D eigenvalue weighted by molar-refractivity contribution is -0.111. The number of phenols is 1. The van der Waals surface area contributed by atoms with E-state index in [4.69, 9.17) is 0 Å². The highest BCUT2D eigenvalue weighted by atomic mass is 16.4. The number of rotatable bonds is 5. The Labute approximate surface area is 195 Å². The van der Waals surface area contributed by atoms with Crippen LogP contribution in [0.1, 0.15) is 15.9 Å². The van der Waals surface area contributed by atoms with Crippen molar-refractivity contribution in [1.29, 1.82) is 0 Å². The van der Waals surface area contributed by atoms with E-state index in [1.54, 1.807) is 35.2 Å². The number of aromatic carboxylic acids is 1. The molecule has 0 bridgehead atoms. The topological polar surface area (TPSA) is 102 Å². The summed E-state index contributed by atoms with van der Waals surface area (Å²) in [7, 11) is 0. The maximum absolute atomic E-state index is 13.3. The van der Waals surface area contributed by atoms with Crippen LogP contribution in [0.15, 0.2) is 102 Å². The monoisotopic (exact) mass is 449 g/mol. The molecule has 166 valence electrons. The highest BCUT2D eigenvalue weighted by Crippen LogP contribution is 2.38. The SMILES string of the molecule is O=C(O)c1cccc(-c2cccc(N/N=C3\C(=O)N(c4ccccc4)c4ccccc43)c2O)c1. The zero-order chi connectivity index (χ0) is 23.7. The average molecular weight is 449 g/mol. The van der Waals surface area contributed by atoms with Crippen LogP contribution in [0.2, 0.25) is 0 Å². The number of carbonyl (C=O) groups excluding carboxylic acids is 1. The van der Waals surface area contributed by atoms with Crippen LogP contribution in [0.3, 0.4) is 0 Å². The molecule has 1 aliphatic rings.